The number of aromatic nitrogens is 4. The van der Waals surface area contributed by atoms with Gasteiger partial charge in [-0.05, 0) is 43.6 Å². The van der Waals surface area contributed by atoms with Crippen LogP contribution in [0.15, 0.2) is 41.6 Å². The number of H-pyrrole nitrogens is 1. The summed E-state index contributed by atoms with van der Waals surface area (Å²) in [6, 6.07) is 7.53. The van der Waals surface area contributed by atoms with Crippen molar-refractivity contribution in [3.8, 4) is 0 Å². The van der Waals surface area contributed by atoms with Crippen molar-refractivity contribution in [3.63, 3.8) is 0 Å². The van der Waals surface area contributed by atoms with Gasteiger partial charge in [-0.25, -0.2) is 9.67 Å². The number of halogens is 1. The van der Waals surface area contributed by atoms with Crippen molar-refractivity contribution in [1.29, 1.82) is 0 Å². The first-order valence-electron chi connectivity index (χ1n) is 9.74. The number of carbonyl (C=O) groups excluding carboxylic acids is 1. The lowest BCUT2D eigenvalue weighted by Crippen LogP contribution is -2.39. The fourth-order valence-electron chi connectivity index (χ4n) is 3.62. The number of carbonyl (C=O) groups is 1. The van der Waals surface area contributed by atoms with E-state index in [0.29, 0.717) is 29.1 Å². The Morgan fingerprint density at radius 1 is 1.21 bits per heavy atom. The van der Waals surface area contributed by atoms with Crippen LogP contribution in [-0.2, 0) is 17.9 Å². The molecule has 0 atom stereocenters. The lowest BCUT2D eigenvalue weighted by Gasteiger charge is -2.26. The van der Waals surface area contributed by atoms with Gasteiger partial charge in [-0.15, -0.1) is 0 Å². The van der Waals surface area contributed by atoms with Gasteiger partial charge >= 0.3 is 0 Å². The van der Waals surface area contributed by atoms with Gasteiger partial charge in [0.2, 0.25) is 5.91 Å². The molecule has 2 aromatic heterocycles. The van der Waals surface area contributed by atoms with E-state index in [1.807, 2.05) is 29.2 Å². The van der Waals surface area contributed by atoms with Crippen LogP contribution in [0.4, 0.5) is 0 Å². The van der Waals surface area contributed by atoms with Crippen LogP contribution >= 0.6 is 11.6 Å². The summed E-state index contributed by atoms with van der Waals surface area (Å²) in [6.07, 6.45) is 5.20. The van der Waals surface area contributed by atoms with E-state index >= 15 is 0 Å². The summed E-state index contributed by atoms with van der Waals surface area (Å²) in [5.74, 6) is -0.0637. The van der Waals surface area contributed by atoms with Crippen LogP contribution in [0.3, 0.4) is 0 Å². The van der Waals surface area contributed by atoms with Crippen molar-refractivity contribution in [2.24, 2.45) is 0 Å². The number of likely N-dealkylation sites (tertiary alicyclic amines) is 1. The number of hydrogen-bond acceptors (Lipinski definition) is 5. The van der Waals surface area contributed by atoms with Gasteiger partial charge in [-0.1, -0.05) is 23.7 Å². The normalized spacial score (nSPS) is 14.5. The molecule has 1 saturated heterocycles. The third-order valence-electron chi connectivity index (χ3n) is 5.25. The van der Waals surface area contributed by atoms with Crippen molar-refractivity contribution >= 4 is 28.5 Å². The maximum absolute atomic E-state index is 13.1. The maximum Gasteiger partial charge on any atom is 0.261 e. The van der Waals surface area contributed by atoms with Gasteiger partial charge in [0.15, 0.2) is 5.65 Å². The SMILES string of the molecule is O=C(Cn1ncc2c(=O)[nH]cnc21)N(CCN1CCCC1)Cc1ccc(Cl)cc1. The highest BCUT2D eigenvalue weighted by Gasteiger charge is 2.19. The average Bonchev–Trinajstić information content (AvgIpc) is 3.37. The number of rotatable bonds is 7. The topological polar surface area (TPSA) is 87.1 Å². The fraction of sp³-hybridized carbons (Fsp3) is 0.400. The van der Waals surface area contributed by atoms with Crippen LogP contribution in [0, 0.1) is 0 Å². The molecule has 1 aromatic carbocycles. The second-order valence-electron chi connectivity index (χ2n) is 7.26. The fourth-order valence-corrected chi connectivity index (χ4v) is 3.75. The molecule has 4 rings (SSSR count). The Balaban J connectivity index is 1.51. The monoisotopic (exact) mass is 414 g/mol. The quantitative estimate of drug-likeness (QED) is 0.638. The molecule has 3 aromatic rings. The van der Waals surface area contributed by atoms with Crippen molar-refractivity contribution < 1.29 is 4.79 Å². The smallest absolute Gasteiger partial charge is 0.261 e. The molecule has 0 saturated carbocycles. The van der Waals surface area contributed by atoms with Crippen LogP contribution in [0.25, 0.3) is 11.0 Å². The van der Waals surface area contributed by atoms with Crippen LogP contribution in [0.5, 0.6) is 0 Å². The summed E-state index contributed by atoms with van der Waals surface area (Å²) in [7, 11) is 0. The Labute approximate surface area is 173 Å². The summed E-state index contributed by atoms with van der Waals surface area (Å²) in [6.45, 7) is 4.18. The Hall–Kier alpha value is -2.71. The molecule has 0 bridgehead atoms. The summed E-state index contributed by atoms with van der Waals surface area (Å²) in [5.41, 5.74) is 1.16. The van der Waals surface area contributed by atoms with Crippen molar-refractivity contribution in [1.82, 2.24) is 29.5 Å². The predicted octanol–water partition coefficient (Wildman–Crippen LogP) is 1.90. The molecule has 1 aliphatic heterocycles. The zero-order valence-corrected chi connectivity index (χ0v) is 16.8. The first-order chi connectivity index (χ1) is 14.1. The third kappa shape index (κ3) is 4.65. The zero-order valence-electron chi connectivity index (χ0n) is 16.1. The average molecular weight is 415 g/mol. The number of benzene rings is 1. The van der Waals surface area contributed by atoms with Gasteiger partial charge in [0, 0.05) is 24.7 Å². The predicted molar refractivity (Wildman–Crippen MR) is 111 cm³/mol. The molecule has 9 heteroatoms. The van der Waals surface area contributed by atoms with Crippen LogP contribution in [0.1, 0.15) is 18.4 Å². The molecule has 1 aliphatic rings. The molecule has 8 nitrogen and oxygen atoms in total. The first-order valence-corrected chi connectivity index (χ1v) is 10.1. The summed E-state index contributed by atoms with van der Waals surface area (Å²) >= 11 is 5.99. The summed E-state index contributed by atoms with van der Waals surface area (Å²) in [5, 5.41) is 5.24. The largest absolute Gasteiger partial charge is 0.335 e. The van der Waals surface area contributed by atoms with E-state index < -0.39 is 0 Å². The lowest BCUT2D eigenvalue weighted by molar-refractivity contribution is -0.132. The molecule has 1 fully saturated rings. The molecule has 0 aliphatic carbocycles. The maximum atomic E-state index is 13.1. The molecule has 152 valence electrons. The number of aromatic amines is 1. The van der Waals surface area contributed by atoms with Crippen molar-refractivity contribution in [2.45, 2.75) is 25.9 Å². The van der Waals surface area contributed by atoms with E-state index in [4.69, 9.17) is 11.6 Å². The second-order valence-corrected chi connectivity index (χ2v) is 7.70. The van der Waals surface area contributed by atoms with Gasteiger partial charge in [-0.3, -0.25) is 9.59 Å². The minimum absolute atomic E-state index is 0.0353. The van der Waals surface area contributed by atoms with Gasteiger partial charge in [0.1, 0.15) is 11.9 Å². The Morgan fingerprint density at radius 2 is 1.97 bits per heavy atom. The molecule has 1 amide bonds. The lowest BCUT2D eigenvalue weighted by atomic mass is 10.2. The molecule has 3 heterocycles. The highest BCUT2D eigenvalue weighted by Crippen LogP contribution is 2.14. The van der Waals surface area contributed by atoms with E-state index in [0.717, 1.165) is 25.2 Å². The van der Waals surface area contributed by atoms with Gasteiger partial charge in [0.05, 0.1) is 12.5 Å². The minimum Gasteiger partial charge on any atom is -0.335 e. The Kier molecular flexibility index (Phi) is 5.92. The minimum atomic E-state index is -0.263. The first kappa shape index (κ1) is 19.6. The standard InChI is InChI=1S/C20H23ClN6O2/c21-16-5-3-15(4-6-16)12-26(10-9-25-7-1-2-8-25)18(28)13-27-19-17(11-24-27)20(29)23-14-22-19/h3-6,11,14H,1-2,7-10,12-13H2,(H,22,23,29). The second kappa shape index (κ2) is 8.75. The van der Waals surface area contributed by atoms with E-state index in [1.54, 1.807) is 0 Å². The number of fused-ring (bicyclic) bond motifs is 1. The van der Waals surface area contributed by atoms with Crippen LogP contribution < -0.4 is 5.56 Å². The van der Waals surface area contributed by atoms with Gasteiger partial charge < -0.3 is 14.8 Å². The summed E-state index contributed by atoms with van der Waals surface area (Å²) in [4.78, 5) is 35.9. The molecule has 1 N–H and O–H groups in total. The zero-order chi connectivity index (χ0) is 20.2. The van der Waals surface area contributed by atoms with E-state index in [-0.39, 0.29) is 18.0 Å². The van der Waals surface area contributed by atoms with Crippen molar-refractivity contribution in [2.75, 3.05) is 26.2 Å². The van der Waals surface area contributed by atoms with Gasteiger partial charge in [0.25, 0.3) is 5.56 Å². The molecular weight excluding hydrogens is 392 g/mol. The number of hydrogen-bond donors (Lipinski definition) is 1. The molecule has 0 radical (unpaired) electrons. The summed E-state index contributed by atoms with van der Waals surface area (Å²) < 4.78 is 1.48. The highest BCUT2D eigenvalue weighted by atomic mass is 35.5. The van der Waals surface area contributed by atoms with E-state index in [2.05, 4.69) is 20.0 Å². The molecule has 0 spiro atoms. The molecule has 29 heavy (non-hydrogen) atoms. The Morgan fingerprint density at radius 3 is 2.72 bits per heavy atom. The Bertz CT molecular complexity index is 1040. The van der Waals surface area contributed by atoms with E-state index in [9.17, 15) is 9.59 Å². The van der Waals surface area contributed by atoms with Crippen LogP contribution in [-0.4, -0.2) is 61.6 Å². The number of nitrogens with zero attached hydrogens (tertiary/aromatic N) is 5. The number of amides is 1. The highest BCUT2D eigenvalue weighted by molar-refractivity contribution is 6.30. The number of nitrogens with one attached hydrogen (secondary N) is 1. The van der Waals surface area contributed by atoms with Crippen LogP contribution in [0.2, 0.25) is 5.02 Å². The van der Waals surface area contributed by atoms with Gasteiger partial charge in [-0.2, -0.15) is 5.10 Å². The molecule has 0 unspecified atom stereocenters. The molecular formula is C20H23ClN6O2. The van der Waals surface area contributed by atoms with E-state index in [1.165, 1.54) is 30.0 Å². The van der Waals surface area contributed by atoms with Crippen molar-refractivity contribution in [3.05, 3.63) is 57.7 Å². The third-order valence-corrected chi connectivity index (χ3v) is 5.50.